The van der Waals surface area contributed by atoms with Gasteiger partial charge in [-0.15, -0.1) is 21.5 Å². The lowest BCUT2D eigenvalue weighted by atomic mass is 10.2. The molecule has 0 saturated carbocycles. The number of carbonyl (C=O) groups is 1. The number of thiophene rings is 1. The number of carbonyl (C=O) groups excluding carboxylic acids is 1. The SMILES string of the molecule is CCCn1c(SCC(=O)OCC)nnc1-c1csc(CC)c1. The summed E-state index contributed by atoms with van der Waals surface area (Å²) >= 11 is 3.12. The zero-order chi connectivity index (χ0) is 15.9. The Morgan fingerprint density at radius 1 is 1.36 bits per heavy atom. The van der Waals surface area contributed by atoms with Crippen LogP contribution in [0.4, 0.5) is 0 Å². The third-order valence-corrected chi connectivity index (χ3v) is 5.07. The number of aromatic nitrogens is 3. The van der Waals surface area contributed by atoms with E-state index in [2.05, 4.69) is 40.1 Å². The van der Waals surface area contributed by atoms with Gasteiger partial charge in [0.15, 0.2) is 11.0 Å². The summed E-state index contributed by atoms with van der Waals surface area (Å²) < 4.78 is 7.05. The summed E-state index contributed by atoms with van der Waals surface area (Å²) in [5.74, 6) is 0.924. The van der Waals surface area contributed by atoms with Crippen molar-refractivity contribution in [3.63, 3.8) is 0 Å². The largest absolute Gasteiger partial charge is 0.465 e. The molecule has 0 unspecified atom stereocenters. The predicted octanol–water partition coefficient (Wildman–Crippen LogP) is 3.63. The number of ether oxygens (including phenoxy) is 1. The number of nitrogens with zero attached hydrogens (tertiary/aromatic N) is 3. The van der Waals surface area contributed by atoms with E-state index >= 15 is 0 Å². The van der Waals surface area contributed by atoms with Crippen LogP contribution in [0.2, 0.25) is 0 Å². The van der Waals surface area contributed by atoms with Crippen LogP contribution in [0.3, 0.4) is 0 Å². The summed E-state index contributed by atoms with van der Waals surface area (Å²) in [4.78, 5) is 12.8. The van der Waals surface area contributed by atoms with E-state index in [0.717, 1.165) is 35.9 Å². The lowest BCUT2D eigenvalue weighted by molar-refractivity contribution is -0.139. The van der Waals surface area contributed by atoms with Crippen LogP contribution in [-0.4, -0.2) is 33.1 Å². The van der Waals surface area contributed by atoms with Crippen molar-refractivity contribution in [1.82, 2.24) is 14.8 Å². The van der Waals surface area contributed by atoms with Crippen molar-refractivity contribution in [3.8, 4) is 11.4 Å². The highest BCUT2D eigenvalue weighted by molar-refractivity contribution is 7.99. The summed E-state index contributed by atoms with van der Waals surface area (Å²) in [7, 11) is 0. The molecule has 2 aromatic rings. The molecule has 0 N–H and O–H groups in total. The van der Waals surface area contributed by atoms with Gasteiger partial charge in [0.25, 0.3) is 0 Å². The molecule has 0 aromatic carbocycles. The zero-order valence-corrected chi connectivity index (χ0v) is 14.8. The Morgan fingerprint density at radius 3 is 2.82 bits per heavy atom. The first-order chi connectivity index (χ1) is 10.7. The fourth-order valence-electron chi connectivity index (χ4n) is 2.04. The van der Waals surface area contributed by atoms with Crippen molar-refractivity contribution in [2.75, 3.05) is 12.4 Å². The van der Waals surface area contributed by atoms with E-state index in [4.69, 9.17) is 4.74 Å². The maximum atomic E-state index is 11.5. The second kappa shape index (κ2) is 8.33. The van der Waals surface area contributed by atoms with Gasteiger partial charge >= 0.3 is 5.97 Å². The van der Waals surface area contributed by atoms with Crippen LogP contribution in [0.15, 0.2) is 16.6 Å². The van der Waals surface area contributed by atoms with E-state index in [-0.39, 0.29) is 11.7 Å². The second-order valence-corrected chi connectivity index (χ2v) is 6.65. The first-order valence-electron chi connectivity index (χ1n) is 7.48. The Labute approximate surface area is 139 Å². The molecule has 2 heterocycles. The van der Waals surface area contributed by atoms with Crippen molar-refractivity contribution in [3.05, 3.63) is 16.3 Å². The fraction of sp³-hybridized carbons (Fsp3) is 0.533. The lowest BCUT2D eigenvalue weighted by Gasteiger charge is -2.07. The first-order valence-corrected chi connectivity index (χ1v) is 9.35. The van der Waals surface area contributed by atoms with Gasteiger partial charge < -0.3 is 9.30 Å². The molecular formula is C15H21N3O2S2. The molecule has 0 aliphatic rings. The number of thioether (sulfide) groups is 1. The van der Waals surface area contributed by atoms with Crippen LogP contribution in [0.1, 0.15) is 32.1 Å². The van der Waals surface area contributed by atoms with Crippen molar-refractivity contribution >= 4 is 29.1 Å². The first kappa shape index (κ1) is 17.0. The molecule has 7 heteroatoms. The Bertz CT molecular complexity index is 622. The molecule has 0 amide bonds. The Kier molecular flexibility index (Phi) is 6.45. The third kappa shape index (κ3) is 4.10. The highest BCUT2D eigenvalue weighted by Gasteiger charge is 2.16. The number of esters is 1. The van der Waals surface area contributed by atoms with Crippen molar-refractivity contribution in [2.24, 2.45) is 0 Å². The Balaban J connectivity index is 2.19. The van der Waals surface area contributed by atoms with Crippen LogP contribution in [0.25, 0.3) is 11.4 Å². The molecule has 0 aliphatic heterocycles. The molecule has 0 atom stereocenters. The van der Waals surface area contributed by atoms with Crippen LogP contribution < -0.4 is 0 Å². The molecule has 0 aliphatic carbocycles. The maximum Gasteiger partial charge on any atom is 0.316 e. The normalized spacial score (nSPS) is 10.9. The van der Waals surface area contributed by atoms with Crippen LogP contribution in [0, 0.1) is 0 Å². The van der Waals surface area contributed by atoms with Gasteiger partial charge in [0.1, 0.15) is 0 Å². The molecule has 0 saturated heterocycles. The summed E-state index contributed by atoms with van der Waals surface area (Å²) in [6, 6.07) is 2.17. The topological polar surface area (TPSA) is 57.0 Å². The minimum absolute atomic E-state index is 0.219. The molecule has 2 aromatic heterocycles. The smallest absolute Gasteiger partial charge is 0.316 e. The zero-order valence-electron chi connectivity index (χ0n) is 13.2. The van der Waals surface area contributed by atoms with Gasteiger partial charge in [-0.1, -0.05) is 25.6 Å². The molecule has 0 spiro atoms. The number of rotatable bonds is 8. The summed E-state index contributed by atoms with van der Waals surface area (Å²) in [5.41, 5.74) is 1.10. The molecule has 120 valence electrons. The summed E-state index contributed by atoms with van der Waals surface area (Å²) in [5, 5.41) is 11.5. The maximum absolute atomic E-state index is 11.5. The number of aryl methyl sites for hydroxylation is 1. The average Bonchev–Trinajstić information content (AvgIpc) is 3.12. The number of hydrogen-bond donors (Lipinski definition) is 0. The molecule has 0 bridgehead atoms. The van der Waals surface area contributed by atoms with Gasteiger partial charge in [0.05, 0.1) is 12.4 Å². The fourth-order valence-corrected chi connectivity index (χ4v) is 3.62. The third-order valence-electron chi connectivity index (χ3n) is 3.05. The molecule has 5 nitrogen and oxygen atoms in total. The standard InChI is InChI=1S/C15H21N3O2S2/c1-4-7-18-14(11-8-12(5-2)21-9-11)16-17-15(18)22-10-13(19)20-6-3/h8-9H,4-7,10H2,1-3H3. The van der Waals surface area contributed by atoms with Gasteiger partial charge in [-0.25, -0.2) is 0 Å². The predicted molar refractivity (Wildman–Crippen MR) is 90.4 cm³/mol. The van der Waals surface area contributed by atoms with E-state index < -0.39 is 0 Å². The Morgan fingerprint density at radius 2 is 2.18 bits per heavy atom. The van der Waals surface area contributed by atoms with E-state index in [1.165, 1.54) is 16.6 Å². The molecule has 2 rings (SSSR count). The molecular weight excluding hydrogens is 318 g/mol. The number of hydrogen-bond acceptors (Lipinski definition) is 6. The Hall–Kier alpha value is -1.34. The minimum atomic E-state index is -0.219. The van der Waals surface area contributed by atoms with Crippen molar-refractivity contribution < 1.29 is 9.53 Å². The lowest BCUT2D eigenvalue weighted by Crippen LogP contribution is -2.08. The van der Waals surface area contributed by atoms with E-state index in [9.17, 15) is 4.79 Å². The van der Waals surface area contributed by atoms with Gasteiger partial charge in [0.2, 0.25) is 0 Å². The summed E-state index contributed by atoms with van der Waals surface area (Å²) in [6.45, 7) is 7.32. The summed E-state index contributed by atoms with van der Waals surface area (Å²) in [6.07, 6.45) is 2.01. The van der Waals surface area contributed by atoms with Crippen LogP contribution in [-0.2, 0) is 22.5 Å². The van der Waals surface area contributed by atoms with Gasteiger partial charge in [-0.2, -0.15) is 0 Å². The second-order valence-electron chi connectivity index (χ2n) is 4.71. The monoisotopic (exact) mass is 339 g/mol. The van der Waals surface area contributed by atoms with Gasteiger partial charge in [0, 0.05) is 22.4 Å². The van der Waals surface area contributed by atoms with Gasteiger partial charge in [-0.3, -0.25) is 4.79 Å². The van der Waals surface area contributed by atoms with Gasteiger partial charge in [-0.05, 0) is 25.8 Å². The van der Waals surface area contributed by atoms with E-state index in [0.29, 0.717) is 6.61 Å². The highest BCUT2D eigenvalue weighted by Crippen LogP contribution is 2.28. The van der Waals surface area contributed by atoms with E-state index in [1.807, 2.05) is 6.92 Å². The van der Waals surface area contributed by atoms with Crippen molar-refractivity contribution in [1.29, 1.82) is 0 Å². The average molecular weight is 339 g/mol. The molecule has 0 fully saturated rings. The molecule has 0 radical (unpaired) electrons. The quantitative estimate of drug-likeness (QED) is 0.543. The highest BCUT2D eigenvalue weighted by atomic mass is 32.2. The van der Waals surface area contributed by atoms with E-state index in [1.54, 1.807) is 11.3 Å². The van der Waals surface area contributed by atoms with Crippen LogP contribution in [0.5, 0.6) is 0 Å². The minimum Gasteiger partial charge on any atom is -0.465 e. The van der Waals surface area contributed by atoms with Crippen LogP contribution >= 0.6 is 23.1 Å². The molecule has 22 heavy (non-hydrogen) atoms. The van der Waals surface area contributed by atoms with Crippen molar-refractivity contribution in [2.45, 2.75) is 45.3 Å².